The molecule has 0 saturated carbocycles. The van der Waals surface area contributed by atoms with Crippen LogP contribution < -0.4 is 10.2 Å². The number of benzene rings is 3. The van der Waals surface area contributed by atoms with Gasteiger partial charge in [0.25, 0.3) is 5.91 Å². The van der Waals surface area contributed by atoms with E-state index in [2.05, 4.69) is 25.7 Å². The van der Waals surface area contributed by atoms with Crippen molar-refractivity contribution in [3.05, 3.63) is 90.6 Å². The Morgan fingerprint density at radius 2 is 1.83 bits per heavy atom. The van der Waals surface area contributed by atoms with Crippen molar-refractivity contribution >= 4 is 34.8 Å². The maximum Gasteiger partial charge on any atom is 0.250 e. The summed E-state index contributed by atoms with van der Waals surface area (Å²) < 4.78 is 7.22. The Bertz CT molecular complexity index is 1480. The quantitative estimate of drug-likeness (QED) is 0.190. The monoisotopic (exact) mass is 482 g/mol. The van der Waals surface area contributed by atoms with Gasteiger partial charge in [0.15, 0.2) is 11.0 Å². The molecule has 8 nitrogen and oxygen atoms in total. The predicted molar refractivity (Wildman–Crippen MR) is 138 cm³/mol. The van der Waals surface area contributed by atoms with E-state index in [1.165, 1.54) is 11.8 Å². The molecule has 2 aromatic heterocycles. The number of hydrogen-bond donors (Lipinski definition) is 2. The molecule has 0 spiro atoms. The van der Waals surface area contributed by atoms with Crippen LogP contribution in [-0.4, -0.2) is 44.7 Å². The molecule has 0 bridgehead atoms. The summed E-state index contributed by atoms with van der Waals surface area (Å²) in [5, 5.41) is 14.5. The van der Waals surface area contributed by atoms with Crippen molar-refractivity contribution in [2.75, 3.05) is 12.9 Å². The average molecular weight is 483 g/mol. The highest BCUT2D eigenvalue weighted by Gasteiger charge is 2.17. The van der Waals surface area contributed by atoms with Crippen LogP contribution in [0.1, 0.15) is 5.56 Å². The molecule has 0 unspecified atom stereocenters. The third-order valence-electron chi connectivity index (χ3n) is 5.34. The second kappa shape index (κ2) is 10.3. The van der Waals surface area contributed by atoms with Crippen LogP contribution in [0.25, 0.3) is 28.0 Å². The van der Waals surface area contributed by atoms with E-state index in [0.717, 1.165) is 33.5 Å². The lowest BCUT2D eigenvalue weighted by atomic mass is 10.2. The zero-order chi connectivity index (χ0) is 24.0. The molecule has 0 fully saturated rings. The van der Waals surface area contributed by atoms with Gasteiger partial charge in [0.05, 0.1) is 19.1 Å². The Balaban J connectivity index is 1.32. The number of fused-ring (bicyclic) bond motifs is 1. The van der Waals surface area contributed by atoms with Crippen molar-refractivity contribution < 1.29 is 9.53 Å². The van der Waals surface area contributed by atoms with E-state index in [-0.39, 0.29) is 11.7 Å². The second-order valence-corrected chi connectivity index (χ2v) is 8.52. The Morgan fingerprint density at radius 3 is 2.63 bits per heavy atom. The van der Waals surface area contributed by atoms with E-state index >= 15 is 0 Å². The van der Waals surface area contributed by atoms with Crippen molar-refractivity contribution in [1.29, 1.82) is 0 Å². The van der Waals surface area contributed by atoms with Crippen LogP contribution in [0.15, 0.2) is 95.3 Å². The van der Waals surface area contributed by atoms with Crippen LogP contribution in [0.3, 0.4) is 0 Å². The van der Waals surface area contributed by atoms with Crippen molar-refractivity contribution in [3.8, 4) is 22.8 Å². The number of nitrogens with zero attached hydrogens (tertiary/aromatic N) is 4. The van der Waals surface area contributed by atoms with E-state index in [1.54, 1.807) is 13.3 Å². The van der Waals surface area contributed by atoms with Gasteiger partial charge in [-0.2, -0.15) is 5.10 Å². The van der Waals surface area contributed by atoms with Crippen molar-refractivity contribution in [1.82, 2.24) is 25.2 Å². The van der Waals surface area contributed by atoms with E-state index in [4.69, 9.17) is 4.74 Å². The molecule has 2 N–H and O–H groups in total. The fourth-order valence-corrected chi connectivity index (χ4v) is 4.38. The molecule has 0 saturated heterocycles. The van der Waals surface area contributed by atoms with E-state index < -0.39 is 0 Å². The number of nitrogens with one attached hydrogen (secondary N) is 2. The van der Waals surface area contributed by atoms with Gasteiger partial charge >= 0.3 is 0 Å². The Kier molecular flexibility index (Phi) is 6.58. The number of carbonyl (C=O) groups is 1. The van der Waals surface area contributed by atoms with E-state index in [9.17, 15) is 4.79 Å². The van der Waals surface area contributed by atoms with Crippen molar-refractivity contribution in [2.45, 2.75) is 5.16 Å². The lowest BCUT2D eigenvalue weighted by Crippen LogP contribution is -2.20. The summed E-state index contributed by atoms with van der Waals surface area (Å²) in [7, 11) is 1.63. The number of H-pyrrole nitrogens is 1. The molecule has 1 amide bonds. The maximum atomic E-state index is 12.5. The van der Waals surface area contributed by atoms with Crippen LogP contribution >= 0.6 is 11.8 Å². The molecular weight excluding hydrogens is 460 g/mol. The number of thioether (sulfide) groups is 1. The predicted octanol–water partition coefficient (Wildman–Crippen LogP) is 4.67. The van der Waals surface area contributed by atoms with Gasteiger partial charge in [-0.05, 0) is 30.3 Å². The Hall–Kier alpha value is -4.37. The molecule has 0 aliphatic carbocycles. The zero-order valence-corrected chi connectivity index (χ0v) is 19.7. The second-order valence-electron chi connectivity index (χ2n) is 7.58. The van der Waals surface area contributed by atoms with Crippen LogP contribution in [-0.2, 0) is 4.79 Å². The maximum absolute atomic E-state index is 12.5. The third-order valence-corrected chi connectivity index (χ3v) is 6.27. The number of aromatic amines is 1. The summed E-state index contributed by atoms with van der Waals surface area (Å²) in [4.78, 5) is 15.7. The normalized spacial score (nSPS) is 11.2. The summed E-state index contributed by atoms with van der Waals surface area (Å²) in [5.74, 6) is 1.34. The first kappa shape index (κ1) is 22.4. The molecule has 5 aromatic rings. The minimum Gasteiger partial charge on any atom is -0.497 e. The number of ether oxygens (including phenoxy) is 1. The minimum atomic E-state index is -0.239. The summed E-state index contributed by atoms with van der Waals surface area (Å²) in [5.41, 5.74) is 6.31. The number of para-hydroxylation sites is 1. The molecule has 35 heavy (non-hydrogen) atoms. The highest BCUT2D eigenvalue weighted by atomic mass is 32.2. The number of amides is 1. The first-order valence-corrected chi connectivity index (χ1v) is 11.9. The average Bonchev–Trinajstić information content (AvgIpc) is 3.52. The smallest absolute Gasteiger partial charge is 0.250 e. The van der Waals surface area contributed by atoms with Gasteiger partial charge in [0.1, 0.15) is 5.75 Å². The topological polar surface area (TPSA) is 97.2 Å². The fourth-order valence-electron chi connectivity index (χ4n) is 3.64. The Labute approximate surface area is 206 Å². The summed E-state index contributed by atoms with van der Waals surface area (Å²) in [6.07, 6.45) is 3.49. The van der Waals surface area contributed by atoms with Gasteiger partial charge < -0.3 is 9.72 Å². The van der Waals surface area contributed by atoms with Crippen LogP contribution in [0.4, 0.5) is 0 Å². The molecule has 0 radical (unpaired) electrons. The summed E-state index contributed by atoms with van der Waals surface area (Å²) in [6.45, 7) is 0. The summed E-state index contributed by atoms with van der Waals surface area (Å²) >= 11 is 1.29. The third kappa shape index (κ3) is 4.95. The summed E-state index contributed by atoms with van der Waals surface area (Å²) in [6, 6.07) is 25.4. The van der Waals surface area contributed by atoms with Crippen molar-refractivity contribution in [2.24, 2.45) is 5.10 Å². The standard InChI is InChI=1S/C26H22N6O2S/c1-34-21-13-11-20(12-14-21)32-25(18-7-3-2-4-8-18)30-31-26(32)35-17-24(33)29-28-16-19-15-27-23-10-6-5-9-22(19)23/h2-16,27H,17H2,1H3,(H,29,33)/b28-16+. The van der Waals surface area contributed by atoms with Crippen molar-refractivity contribution in [3.63, 3.8) is 0 Å². The first-order valence-electron chi connectivity index (χ1n) is 10.9. The lowest BCUT2D eigenvalue weighted by molar-refractivity contribution is -0.118. The lowest BCUT2D eigenvalue weighted by Gasteiger charge is -2.11. The molecule has 0 aliphatic heterocycles. The molecule has 9 heteroatoms. The van der Waals surface area contributed by atoms with Crippen LogP contribution in [0.5, 0.6) is 5.75 Å². The van der Waals surface area contributed by atoms with Gasteiger partial charge in [-0.25, -0.2) is 5.43 Å². The number of hydrogen-bond acceptors (Lipinski definition) is 6. The fraction of sp³-hybridized carbons (Fsp3) is 0.0769. The number of aromatic nitrogens is 4. The highest BCUT2D eigenvalue weighted by molar-refractivity contribution is 7.99. The highest BCUT2D eigenvalue weighted by Crippen LogP contribution is 2.28. The molecular formula is C26H22N6O2S. The SMILES string of the molecule is COc1ccc(-n2c(SCC(=O)N/N=C/c3c[nH]c4ccccc34)nnc2-c2ccccc2)cc1. The van der Waals surface area contributed by atoms with Gasteiger partial charge in [0.2, 0.25) is 0 Å². The molecule has 0 atom stereocenters. The zero-order valence-electron chi connectivity index (χ0n) is 18.9. The number of rotatable bonds is 8. The van der Waals surface area contributed by atoms with Gasteiger partial charge in [-0.1, -0.05) is 60.3 Å². The van der Waals surface area contributed by atoms with Crippen LogP contribution in [0.2, 0.25) is 0 Å². The largest absolute Gasteiger partial charge is 0.497 e. The molecule has 3 aromatic carbocycles. The van der Waals surface area contributed by atoms with Gasteiger partial charge in [-0.3, -0.25) is 9.36 Å². The van der Waals surface area contributed by atoms with E-state index in [0.29, 0.717) is 11.0 Å². The minimum absolute atomic E-state index is 0.133. The Morgan fingerprint density at radius 1 is 1.06 bits per heavy atom. The molecule has 2 heterocycles. The molecule has 174 valence electrons. The van der Waals surface area contributed by atoms with E-state index in [1.807, 2.05) is 89.6 Å². The number of methoxy groups -OCH3 is 1. The number of hydrazone groups is 1. The van der Waals surface area contributed by atoms with Gasteiger partial charge in [-0.15, -0.1) is 10.2 Å². The van der Waals surface area contributed by atoms with Gasteiger partial charge in [0, 0.05) is 33.9 Å². The van der Waals surface area contributed by atoms with Crippen LogP contribution in [0, 0.1) is 0 Å². The number of carbonyl (C=O) groups excluding carboxylic acids is 1. The first-order chi connectivity index (χ1) is 17.2. The molecule has 0 aliphatic rings. The molecule has 5 rings (SSSR count).